The number of furan rings is 1. The quantitative estimate of drug-likeness (QED) is 0.536. The van der Waals surface area contributed by atoms with Crippen molar-refractivity contribution in [2.24, 2.45) is 0 Å². The molecule has 0 aliphatic carbocycles. The summed E-state index contributed by atoms with van der Waals surface area (Å²) < 4.78 is 13.3. The molecule has 0 saturated carbocycles. The molecule has 6 nitrogen and oxygen atoms in total. The van der Waals surface area contributed by atoms with Gasteiger partial charge in [0.1, 0.15) is 0 Å². The molecule has 2 aromatic heterocycles. The lowest BCUT2D eigenvalue weighted by Crippen LogP contribution is -2.16. The van der Waals surface area contributed by atoms with E-state index >= 15 is 0 Å². The van der Waals surface area contributed by atoms with E-state index in [4.69, 9.17) is 9.15 Å². The summed E-state index contributed by atoms with van der Waals surface area (Å²) in [6.07, 6.45) is 1.37. The van der Waals surface area contributed by atoms with Crippen LogP contribution >= 0.6 is 43.6 Å². The Labute approximate surface area is 158 Å². The number of nitrogens with zero attached hydrogens (tertiary/aromatic N) is 3. The van der Waals surface area contributed by atoms with Crippen LogP contribution in [-0.2, 0) is 0 Å². The van der Waals surface area contributed by atoms with E-state index in [1.54, 1.807) is 0 Å². The molecule has 1 N–H and O–H groups in total. The van der Waals surface area contributed by atoms with E-state index in [0.717, 1.165) is 15.7 Å². The normalized spacial score (nSPS) is 15.7. The van der Waals surface area contributed by atoms with Gasteiger partial charge in [0.05, 0.1) is 0 Å². The van der Waals surface area contributed by atoms with Crippen LogP contribution in [0.25, 0.3) is 11.3 Å². The van der Waals surface area contributed by atoms with Gasteiger partial charge in [-0.05, 0) is 52.5 Å². The summed E-state index contributed by atoms with van der Waals surface area (Å²) in [4.78, 5) is 4.46. The first-order valence-electron chi connectivity index (χ1n) is 6.91. The Morgan fingerprint density at radius 3 is 2.79 bits per heavy atom. The minimum absolute atomic E-state index is 0.413. The summed E-state index contributed by atoms with van der Waals surface area (Å²) in [7, 11) is 0. The van der Waals surface area contributed by atoms with Crippen LogP contribution in [0.4, 0.5) is 5.69 Å². The largest absolute Gasteiger partial charge is 0.448 e. The number of fused-ring (bicyclic) bond motifs is 3. The van der Waals surface area contributed by atoms with Gasteiger partial charge in [-0.3, -0.25) is 0 Å². The van der Waals surface area contributed by atoms with Crippen molar-refractivity contribution in [3.63, 3.8) is 0 Å². The third-order valence-corrected chi connectivity index (χ3v) is 4.88. The maximum atomic E-state index is 6.05. The van der Waals surface area contributed by atoms with Crippen molar-refractivity contribution in [1.29, 1.82) is 0 Å². The Bertz CT molecular complexity index is 918. The molecule has 122 valence electrons. The average molecular weight is 470 g/mol. The molecule has 0 fully saturated rings. The second kappa shape index (κ2) is 6.38. The van der Waals surface area contributed by atoms with Gasteiger partial charge in [-0.1, -0.05) is 27.7 Å². The van der Waals surface area contributed by atoms with Crippen LogP contribution in [0.2, 0.25) is 0 Å². The molecule has 3 heterocycles. The highest BCUT2D eigenvalue weighted by Gasteiger charge is 2.28. The highest BCUT2D eigenvalue weighted by molar-refractivity contribution is 9.10. The molecule has 0 saturated heterocycles. The summed E-state index contributed by atoms with van der Waals surface area (Å²) in [5, 5.41) is 12.3. The number of benzene rings is 1. The number of hydrogen-bond donors (Lipinski definition) is 1. The molecular weight excluding hydrogens is 460 g/mol. The minimum atomic E-state index is -0.524. The number of halogens is 2. The molecule has 1 atom stereocenters. The fourth-order valence-corrected chi connectivity index (χ4v) is 3.33. The van der Waals surface area contributed by atoms with Gasteiger partial charge in [0.15, 0.2) is 16.1 Å². The van der Waals surface area contributed by atoms with Crippen molar-refractivity contribution < 1.29 is 9.15 Å². The van der Waals surface area contributed by atoms with E-state index in [1.807, 2.05) is 36.6 Å². The van der Waals surface area contributed by atoms with Crippen molar-refractivity contribution in [3.8, 4) is 17.1 Å². The lowest BCUT2D eigenvalue weighted by atomic mass is 10.1. The molecule has 0 amide bonds. The van der Waals surface area contributed by atoms with E-state index in [9.17, 15) is 0 Å². The first-order chi connectivity index (χ1) is 11.6. The Hall–Kier alpha value is -1.58. The molecule has 0 radical (unpaired) electrons. The van der Waals surface area contributed by atoms with Crippen LogP contribution in [0.3, 0.4) is 0 Å². The molecule has 1 aliphatic rings. The van der Waals surface area contributed by atoms with Gasteiger partial charge in [-0.25, -0.2) is 0 Å². The summed E-state index contributed by atoms with van der Waals surface area (Å²) in [5.74, 6) is 1.05. The number of rotatable bonds is 2. The molecule has 4 rings (SSSR count). The number of ether oxygens (including phenoxy) is 1. The zero-order chi connectivity index (χ0) is 16.7. The SMILES string of the molecule is CSc1nnc2c(n1)OC(c1ccc(Br)o1)Nc1ccc(Br)cc1-2. The molecule has 1 aromatic carbocycles. The third-order valence-electron chi connectivity index (χ3n) is 3.42. The molecule has 0 bridgehead atoms. The van der Waals surface area contributed by atoms with Gasteiger partial charge < -0.3 is 14.5 Å². The first kappa shape index (κ1) is 15.9. The summed E-state index contributed by atoms with van der Waals surface area (Å²) in [5.41, 5.74) is 2.31. The van der Waals surface area contributed by atoms with Crippen LogP contribution in [0.1, 0.15) is 12.0 Å². The molecule has 1 aliphatic heterocycles. The van der Waals surface area contributed by atoms with Crippen LogP contribution < -0.4 is 10.1 Å². The zero-order valence-corrected chi connectivity index (χ0v) is 16.3. The van der Waals surface area contributed by atoms with Gasteiger partial charge in [0.25, 0.3) is 0 Å². The Morgan fingerprint density at radius 2 is 2.04 bits per heavy atom. The van der Waals surface area contributed by atoms with Gasteiger partial charge >= 0.3 is 0 Å². The molecule has 1 unspecified atom stereocenters. The molecule has 3 aromatic rings. The summed E-state index contributed by atoms with van der Waals surface area (Å²) in [6.45, 7) is 0. The number of anilines is 1. The van der Waals surface area contributed by atoms with Crippen LogP contribution in [0, 0.1) is 0 Å². The third kappa shape index (κ3) is 2.91. The highest BCUT2D eigenvalue weighted by Crippen LogP contribution is 2.41. The maximum absolute atomic E-state index is 6.05. The Balaban J connectivity index is 1.88. The van der Waals surface area contributed by atoms with Gasteiger partial charge in [-0.2, -0.15) is 4.98 Å². The lowest BCUT2D eigenvalue weighted by molar-refractivity contribution is 0.194. The molecule has 9 heteroatoms. The van der Waals surface area contributed by atoms with Gasteiger partial charge in [-0.15, -0.1) is 10.2 Å². The second-order valence-electron chi connectivity index (χ2n) is 4.93. The zero-order valence-electron chi connectivity index (χ0n) is 12.3. The van der Waals surface area contributed by atoms with Crippen molar-refractivity contribution in [2.45, 2.75) is 11.4 Å². The van der Waals surface area contributed by atoms with E-state index in [-0.39, 0.29) is 0 Å². The van der Waals surface area contributed by atoms with Crippen molar-refractivity contribution >= 4 is 49.3 Å². The topological polar surface area (TPSA) is 73.1 Å². The van der Waals surface area contributed by atoms with Crippen LogP contribution in [0.5, 0.6) is 5.88 Å². The standard InChI is InChI=1S/C15H10Br2N4O2S/c1-24-15-19-14-12(20-21-15)8-6-7(16)2-3-9(8)18-13(23-14)10-4-5-11(17)22-10/h2-6,13,18H,1H3. The van der Waals surface area contributed by atoms with E-state index in [0.29, 0.717) is 27.2 Å². The maximum Gasteiger partial charge on any atom is 0.247 e. The second-order valence-corrected chi connectivity index (χ2v) is 7.40. The summed E-state index contributed by atoms with van der Waals surface area (Å²) in [6, 6.07) is 9.52. The fraction of sp³-hybridized carbons (Fsp3) is 0.133. The van der Waals surface area contributed by atoms with Crippen molar-refractivity contribution in [2.75, 3.05) is 11.6 Å². The fourth-order valence-electron chi connectivity index (χ4n) is 2.35. The predicted octanol–water partition coefficient (Wildman–Crippen LogP) is 4.88. The van der Waals surface area contributed by atoms with Gasteiger partial charge in [0, 0.05) is 15.7 Å². The Morgan fingerprint density at radius 1 is 1.17 bits per heavy atom. The summed E-state index contributed by atoms with van der Waals surface area (Å²) >= 11 is 8.22. The monoisotopic (exact) mass is 468 g/mol. The first-order valence-corrected chi connectivity index (χ1v) is 9.72. The molecular formula is C15H10Br2N4O2S. The lowest BCUT2D eigenvalue weighted by Gasteiger charge is -2.16. The highest BCUT2D eigenvalue weighted by atomic mass is 79.9. The number of hydrogen-bond acceptors (Lipinski definition) is 7. The predicted molar refractivity (Wildman–Crippen MR) is 98.1 cm³/mol. The van der Waals surface area contributed by atoms with Crippen molar-refractivity contribution in [3.05, 3.63) is 45.2 Å². The van der Waals surface area contributed by atoms with E-state index in [1.165, 1.54) is 11.8 Å². The number of thioether (sulfide) groups is 1. The van der Waals surface area contributed by atoms with Crippen molar-refractivity contribution in [1.82, 2.24) is 15.2 Å². The minimum Gasteiger partial charge on any atom is -0.448 e. The van der Waals surface area contributed by atoms with Crippen LogP contribution in [0.15, 0.2) is 49.0 Å². The van der Waals surface area contributed by atoms with Gasteiger partial charge in [0.2, 0.25) is 17.3 Å². The van der Waals surface area contributed by atoms with E-state index in [2.05, 4.69) is 52.4 Å². The Kier molecular flexibility index (Phi) is 4.23. The van der Waals surface area contributed by atoms with E-state index < -0.39 is 6.23 Å². The number of nitrogens with one attached hydrogen (secondary N) is 1. The van der Waals surface area contributed by atoms with Crippen LogP contribution in [-0.4, -0.2) is 21.4 Å². The molecule has 24 heavy (non-hydrogen) atoms. The smallest absolute Gasteiger partial charge is 0.247 e. The average Bonchev–Trinajstić information content (AvgIpc) is 2.95. The molecule has 0 spiro atoms. The number of aromatic nitrogens is 3.